The third-order valence-electron chi connectivity index (χ3n) is 4.04. The highest BCUT2D eigenvalue weighted by atomic mass is 35.5. The Morgan fingerprint density at radius 3 is 2.40 bits per heavy atom. The molecule has 1 aromatic carbocycles. The smallest absolute Gasteiger partial charge is 0.329 e. The second-order valence-corrected chi connectivity index (χ2v) is 7.57. The molecule has 0 fully saturated rings. The van der Waals surface area contributed by atoms with Gasteiger partial charge in [0.15, 0.2) is 11.9 Å². The van der Waals surface area contributed by atoms with E-state index in [-0.39, 0.29) is 22.3 Å². The molecule has 0 aliphatic rings. The second kappa shape index (κ2) is 10.4. The lowest BCUT2D eigenvalue weighted by Crippen LogP contribution is -2.47. The van der Waals surface area contributed by atoms with E-state index in [9.17, 15) is 18.8 Å². The number of esters is 1. The molecule has 7 nitrogen and oxygen atoms in total. The first-order valence-electron chi connectivity index (χ1n) is 8.98. The van der Waals surface area contributed by atoms with E-state index in [1.807, 2.05) is 0 Å². The molecule has 0 radical (unpaired) electrons. The van der Waals surface area contributed by atoms with Gasteiger partial charge >= 0.3 is 5.97 Å². The Morgan fingerprint density at radius 1 is 1.13 bits per heavy atom. The normalized spacial score (nSPS) is 12.8. The van der Waals surface area contributed by atoms with Gasteiger partial charge < -0.3 is 15.4 Å². The molecule has 1 heterocycles. The summed E-state index contributed by atoms with van der Waals surface area (Å²) in [4.78, 5) is 41.1. The second-order valence-electron chi connectivity index (χ2n) is 6.73. The van der Waals surface area contributed by atoms with E-state index >= 15 is 0 Å². The zero-order valence-electron chi connectivity index (χ0n) is 16.4. The lowest BCUT2D eigenvalue weighted by atomic mass is 10.0. The van der Waals surface area contributed by atoms with Gasteiger partial charge in [0, 0.05) is 6.20 Å². The number of hydrogen-bond acceptors (Lipinski definition) is 5. The van der Waals surface area contributed by atoms with E-state index in [1.54, 1.807) is 13.8 Å². The summed E-state index contributed by atoms with van der Waals surface area (Å²) in [5.41, 5.74) is -0.204. The fourth-order valence-electron chi connectivity index (χ4n) is 2.39. The molecule has 0 aliphatic carbocycles. The maximum absolute atomic E-state index is 13.8. The quantitative estimate of drug-likeness (QED) is 0.617. The number of carbonyl (C=O) groups excluding carboxylic acids is 3. The van der Waals surface area contributed by atoms with Crippen LogP contribution in [0.3, 0.4) is 0 Å². The molecular weight excluding hydrogens is 436 g/mol. The van der Waals surface area contributed by atoms with Gasteiger partial charge in [0.25, 0.3) is 11.8 Å². The van der Waals surface area contributed by atoms with Gasteiger partial charge in [-0.1, -0.05) is 49.2 Å². The molecule has 0 aliphatic heterocycles. The van der Waals surface area contributed by atoms with Crippen LogP contribution in [0.4, 0.5) is 10.2 Å². The van der Waals surface area contributed by atoms with E-state index < -0.39 is 35.7 Å². The summed E-state index contributed by atoms with van der Waals surface area (Å²) < 4.78 is 19.0. The van der Waals surface area contributed by atoms with Crippen LogP contribution < -0.4 is 10.6 Å². The van der Waals surface area contributed by atoms with Gasteiger partial charge in [-0.3, -0.25) is 9.59 Å². The van der Waals surface area contributed by atoms with Crippen LogP contribution in [0.1, 0.15) is 31.1 Å². The number of pyridine rings is 1. The molecule has 0 bridgehead atoms. The first-order valence-corrected chi connectivity index (χ1v) is 9.73. The topological polar surface area (TPSA) is 97.4 Å². The number of hydrogen-bond donors (Lipinski definition) is 2. The molecule has 160 valence electrons. The lowest BCUT2D eigenvalue weighted by Gasteiger charge is -2.23. The van der Waals surface area contributed by atoms with Crippen LogP contribution in [0.15, 0.2) is 36.5 Å². The maximum atomic E-state index is 13.8. The van der Waals surface area contributed by atoms with Gasteiger partial charge in [-0.2, -0.15) is 0 Å². The Balaban J connectivity index is 2.03. The van der Waals surface area contributed by atoms with Crippen LogP contribution >= 0.6 is 23.2 Å². The molecule has 0 saturated carbocycles. The standard InChI is InChI=1S/C20H20Cl2FN3O4/c1-10(2)16(25-19(28)13-6-4-5-7-15(13)23)20(29)30-11(3)18(27)26-17-14(22)8-12(21)9-24-17/h4-11,16H,1-3H3,(H,25,28)(H,24,26,27). The number of amides is 2. The van der Waals surface area contributed by atoms with Crippen molar-refractivity contribution in [1.82, 2.24) is 10.3 Å². The number of nitrogens with zero attached hydrogens (tertiary/aromatic N) is 1. The van der Waals surface area contributed by atoms with Crippen molar-refractivity contribution in [3.63, 3.8) is 0 Å². The first kappa shape index (κ1) is 23.6. The van der Waals surface area contributed by atoms with Crippen molar-refractivity contribution in [1.29, 1.82) is 0 Å². The van der Waals surface area contributed by atoms with Crippen LogP contribution in [-0.2, 0) is 14.3 Å². The summed E-state index contributed by atoms with van der Waals surface area (Å²) in [6, 6.07) is 5.69. The summed E-state index contributed by atoms with van der Waals surface area (Å²) in [5, 5.41) is 5.29. The van der Waals surface area contributed by atoms with Crippen LogP contribution in [0.5, 0.6) is 0 Å². The number of aromatic nitrogens is 1. The fourth-order valence-corrected chi connectivity index (χ4v) is 2.82. The van der Waals surface area contributed by atoms with E-state index in [0.29, 0.717) is 5.02 Å². The molecular formula is C20H20Cl2FN3O4. The van der Waals surface area contributed by atoms with E-state index in [4.69, 9.17) is 27.9 Å². The van der Waals surface area contributed by atoms with Crippen molar-refractivity contribution in [2.75, 3.05) is 5.32 Å². The Bertz CT molecular complexity index is 955. The molecule has 2 amide bonds. The monoisotopic (exact) mass is 455 g/mol. The van der Waals surface area contributed by atoms with Crippen molar-refractivity contribution in [2.45, 2.75) is 32.9 Å². The Hall–Kier alpha value is -2.71. The summed E-state index contributed by atoms with van der Waals surface area (Å²) in [5.74, 6) is -3.32. The Morgan fingerprint density at radius 2 is 1.80 bits per heavy atom. The van der Waals surface area contributed by atoms with Gasteiger partial charge in [0.2, 0.25) is 0 Å². The predicted octanol–water partition coefficient (Wildman–Crippen LogP) is 3.85. The van der Waals surface area contributed by atoms with Crippen LogP contribution in [0, 0.1) is 11.7 Å². The largest absolute Gasteiger partial charge is 0.451 e. The zero-order chi connectivity index (χ0) is 22.4. The SMILES string of the molecule is CC(OC(=O)C(NC(=O)c1ccccc1F)C(C)C)C(=O)Nc1ncc(Cl)cc1Cl. The maximum Gasteiger partial charge on any atom is 0.329 e. The predicted molar refractivity (Wildman–Crippen MR) is 111 cm³/mol. The number of nitrogens with one attached hydrogen (secondary N) is 2. The van der Waals surface area contributed by atoms with Crippen molar-refractivity contribution in [3.05, 3.63) is 58.0 Å². The first-order chi connectivity index (χ1) is 14.1. The molecule has 2 rings (SSSR count). The van der Waals surface area contributed by atoms with Gasteiger partial charge in [0.1, 0.15) is 11.9 Å². The molecule has 10 heteroatoms. The number of benzene rings is 1. The average Bonchev–Trinajstić information content (AvgIpc) is 2.67. The average molecular weight is 456 g/mol. The number of rotatable bonds is 7. The van der Waals surface area contributed by atoms with Crippen LogP contribution in [0.25, 0.3) is 0 Å². The highest BCUT2D eigenvalue weighted by Gasteiger charge is 2.30. The molecule has 0 saturated heterocycles. The minimum Gasteiger partial charge on any atom is -0.451 e. The van der Waals surface area contributed by atoms with E-state index in [2.05, 4.69) is 15.6 Å². The van der Waals surface area contributed by atoms with E-state index in [1.165, 1.54) is 37.4 Å². The van der Waals surface area contributed by atoms with Crippen molar-refractivity contribution < 1.29 is 23.5 Å². The van der Waals surface area contributed by atoms with Gasteiger partial charge in [-0.15, -0.1) is 0 Å². The summed E-state index contributed by atoms with van der Waals surface area (Å²) in [7, 11) is 0. The van der Waals surface area contributed by atoms with Crippen molar-refractivity contribution in [2.24, 2.45) is 5.92 Å². The molecule has 2 unspecified atom stereocenters. The van der Waals surface area contributed by atoms with Crippen molar-refractivity contribution >= 4 is 46.8 Å². The van der Waals surface area contributed by atoms with Gasteiger partial charge in [0.05, 0.1) is 15.6 Å². The molecule has 1 aromatic heterocycles. The Labute approximate surface area is 182 Å². The zero-order valence-corrected chi connectivity index (χ0v) is 17.9. The van der Waals surface area contributed by atoms with Gasteiger partial charge in [-0.05, 0) is 31.0 Å². The van der Waals surface area contributed by atoms with Crippen molar-refractivity contribution in [3.8, 4) is 0 Å². The number of ether oxygens (including phenoxy) is 1. The highest BCUT2D eigenvalue weighted by molar-refractivity contribution is 6.36. The molecule has 2 atom stereocenters. The minimum absolute atomic E-state index is 0.0576. The third-order valence-corrected chi connectivity index (χ3v) is 4.53. The Kier molecular flexibility index (Phi) is 8.14. The molecule has 0 spiro atoms. The lowest BCUT2D eigenvalue weighted by molar-refractivity contribution is -0.156. The summed E-state index contributed by atoms with van der Waals surface area (Å²) in [6.45, 7) is 4.71. The highest BCUT2D eigenvalue weighted by Crippen LogP contribution is 2.22. The summed E-state index contributed by atoms with van der Waals surface area (Å²) in [6.07, 6.45) is 0.0879. The third kappa shape index (κ3) is 6.14. The van der Waals surface area contributed by atoms with E-state index in [0.717, 1.165) is 6.07 Å². The van der Waals surface area contributed by atoms with Crippen LogP contribution in [0.2, 0.25) is 10.0 Å². The number of carbonyl (C=O) groups is 3. The van der Waals surface area contributed by atoms with Gasteiger partial charge in [-0.25, -0.2) is 14.2 Å². The molecule has 30 heavy (non-hydrogen) atoms. The fraction of sp³-hybridized carbons (Fsp3) is 0.300. The number of anilines is 1. The van der Waals surface area contributed by atoms with Crippen LogP contribution in [-0.4, -0.2) is 34.9 Å². The number of halogens is 3. The minimum atomic E-state index is -1.21. The summed E-state index contributed by atoms with van der Waals surface area (Å²) >= 11 is 11.7. The molecule has 2 N–H and O–H groups in total. The molecule has 2 aromatic rings.